The van der Waals surface area contributed by atoms with Crippen molar-refractivity contribution in [3.05, 3.63) is 0 Å². The average molecular weight is 197 g/mol. The number of rotatable bonds is 3. The van der Waals surface area contributed by atoms with Crippen molar-refractivity contribution < 1.29 is 0 Å². The summed E-state index contributed by atoms with van der Waals surface area (Å²) in [5.74, 6) is 0.913. The van der Waals surface area contributed by atoms with Gasteiger partial charge in [0, 0.05) is 12.6 Å². The van der Waals surface area contributed by atoms with Crippen molar-refractivity contribution in [2.75, 3.05) is 26.4 Å². The van der Waals surface area contributed by atoms with Crippen LogP contribution in [-0.4, -0.2) is 37.4 Å². The molecule has 1 fully saturated rings. The van der Waals surface area contributed by atoms with Crippen LogP contribution in [-0.2, 0) is 0 Å². The highest BCUT2D eigenvalue weighted by Gasteiger charge is 2.28. The minimum absolute atomic E-state index is 0.154. The summed E-state index contributed by atoms with van der Waals surface area (Å²) in [6.07, 6.45) is 9.34. The van der Waals surface area contributed by atoms with Crippen LogP contribution in [0.2, 0.25) is 0 Å². The van der Waals surface area contributed by atoms with Crippen LogP contribution in [0.3, 0.4) is 0 Å². The van der Waals surface area contributed by atoms with Gasteiger partial charge in [0.05, 0.1) is 0 Å². The van der Waals surface area contributed by atoms with E-state index in [1.807, 2.05) is 0 Å². The monoisotopic (exact) mass is 197 g/mol. The molecule has 3 atom stereocenters. The van der Waals surface area contributed by atoms with Gasteiger partial charge in [0.2, 0.25) is 0 Å². The molecular weight excluding hydrogens is 177 g/mol. The Morgan fingerprint density at radius 2 is 2.31 bits per heavy atom. The van der Waals surface area contributed by atoms with Gasteiger partial charge >= 0.3 is 0 Å². The third kappa shape index (κ3) is 2.97. The molecule has 0 bridgehead atoms. The lowest BCUT2D eigenvalue weighted by Gasteiger charge is -2.20. The molecule has 13 heavy (non-hydrogen) atoms. The van der Waals surface area contributed by atoms with Crippen LogP contribution in [0.5, 0.6) is 0 Å². The molecule has 0 N–H and O–H groups in total. The van der Waals surface area contributed by atoms with E-state index in [1.54, 1.807) is 0 Å². The SMILES string of the molecule is C#CP(C)CC1CC(CC)CN1C. The van der Waals surface area contributed by atoms with Gasteiger partial charge in [-0.1, -0.05) is 19.0 Å². The molecule has 0 aromatic rings. The van der Waals surface area contributed by atoms with Gasteiger partial charge in [0.25, 0.3) is 0 Å². The maximum atomic E-state index is 5.42. The zero-order valence-electron chi connectivity index (χ0n) is 8.95. The van der Waals surface area contributed by atoms with Gasteiger partial charge in [-0.15, -0.1) is 6.42 Å². The molecule has 2 heteroatoms. The minimum atomic E-state index is -0.154. The summed E-state index contributed by atoms with van der Waals surface area (Å²) in [5, 5.41) is 0. The second kappa shape index (κ2) is 4.99. The molecule has 1 aliphatic rings. The molecule has 0 spiro atoms. The van der Waals surface area contributed by atoms with Gasteiger partial charge in [-0.2, -0.15) is 0 Å². The lowest BCUT2D eigenvalue weighted by molar-refractivity contribution is 0.328. The lowest BCUT2D eigenvalue weighted by Crippen LogP contribution is -2.27. The summed E-state index contributed by atoms with van der Waals surface area (Å²) in [6, 6.07) is 0.761. The van der Waals surface area contributed by atoms with Crippen molar-refractivity contribution in [3.8, 4) is 12.1 Å². The second-order valence-electron chi connectivity index (χ2n) is 4.11. The Morgan fingerprint density at radius 1 is 1.62 bits per heavy atom. The van der Waals surface area contributed by atoms with Gasteiger partial charge in [-0.05, 0) is 40.1 Å². The predicted molar refractivity (Wildman–Crippen MR) is 61.4 cm³/mol. The molecular formula is C11H20NP. The Balaban J connectivity index is 2.40. The van der Waals surface area contributed by atoms with Crippen molar-refractivity contribution >= 4 is 7.92 Å². The number of nitrogens with zero attached hydrogens (tertiary/aromatic N) is 1. The molecule has 1 saturated heterocycles. The van der Waals surface area contributed by atoms with Gasteiger partial charge < -0.3 is 4.90 Å². The highest BCUT2D eigenvalue weighted by Crippen LogP contribution is 2.35. The molecule has 0 aliphatic carbocycles. The second-order valence-corrected chi connectivity index (χ2v) is 6.13. The first-order valence-electron chi connectivity index (χ1n) is 5.05. The summed E-state index contributed by atoms with van der Waals surface area (Å²) >= 11 is 0. The van der Waals surface area contributed by atoms with Crippen LogP contribution in [0, 0.1) is 18.0 Å². The summed E-state index contributed by atoms with van der Waals surface area (Å²) in [5.41, 5.74) is 2.88. The maximum absolute atomic E-state index is 5.42. The van der Waals surface area contributed by atoms with E-state index in [0.29, 0.717) is 0 Å². The zero-order chi connectivity index (χ0) is 9.84. The normalized spacial score (nSPS) is 31.5. The molecule has 1 aliphatic heterocycles. The van der Waals surface area contributed by atoms with Gasteiger partial charge in [-0.3, -0.25) is 0 Å². The van der Waals surface area contributed by atoms with Crippen LogP contribution in [0.1, 0.15) is 19.8 Å². The first-order valence-corrected chi connectivity index (χ1v) is 7.02. The molecule has 0 saturated carbocycles. The van der Waals surface area contributed by atoms with Crippen molar-refractivity contribution in [1.29, 1.82) is 0 Å². The highest BCUT2D eigenvalue weighted by molar-refractivity contribution is 7.62. The molecule has 1 rings (SSSR count). The first-order chi connectivity index (χ1) is 6.17. The van der Waals surface area contributed by atoms with E-state index in [9.17, 15) is 0 Å². The fourth-order valence-electron chi connectivity index (χ4n) is 2.07. The molecule has 0 aromatic carbocycles. The van der Waals surface area contributed by atoms with E-state index in [4.69, 9.17) is 6.42 Å². The number of terminal acetylenes is 1. The molecule has 0 aromatic heterocycles. The first kappa shape index (κ1) is 11.0. The Morgan fingerprint density at radius 3 is 2.77 bits per heavy atom. The Bertz CT molecular complexity index is 197. The number of hydrogen-bond acceptors (Lipinski definition) is 1. The fraction of sp³-hybridized carbons (Fsp3) is 0.818. The predicted octanol–water partition coefficient (Wildman–Crippen LogP) is 2.42. The quantitative estimate of drug-likeness (QED) is 0.496. The Kier molecular flexibility index (Phi) is 4.23. The van der Waals surface area contributed by atoms with E-state index < -0.39 is 0 Å². The minimum Gasteiger partial charge on any atom is -0.303 e. The van der Waals surface area contributed by atoms with Crippen molar-refractivity contribution in [2.24, 2.45) is 5.92 Å². The summed E-state index contributed by atoms with van der Waals surface area (Å²) in [4.78, 5) is 2.49. The Hall–Kier alpha value is -0.0500. The maximum Gasteiger partial charge on any atom is 0.0143 e. The standard InChI is InChI=1S/C11H20NP/c1-5-10-7-11(12(3)8-10)9-13(4)6-2/h2,10-11H,5,7-9H2,1,3-4H3. The Labute approximate surface area is 83.6 Å². The van der Waals surface area contributed by atoms with Crippen LogP contribution in [0.25, 0.3) is 0 Å². The molecule has 0 amide bonds. The third-order valence-corrected chi connectivity index (χ3v) is 4.47. The van der Waals surface area contributed by atoms with E-state index in [0.717, 1.165) is 12.0 Å². The van der Waals surface area contributed by atoms with E-state index in [-0.39, 0.29) is 7.92 Å². The highest BCUT2D eigenvalue weighted by atomic mass is 31.1. The largest absolute Gasteiger partial charge is 0.303 e. The fourth-order valence-corrected chi connectivity index (χ4v) is 3.24. The summed E-state index contributed by atoms with van der Waals surface area (Å²) < 4.78 is 0. The van der Waals surface area contributed by atoms with Gasteiger partial charge in [0.15, 0.2) is 0 Å². The van der Waals surface area contributed by atoms with Crippen LogP contribution in [0.15, 0.2) is 0 Å². The third-order valence-electron chi connectivity index (χ3n) is 3.06. The molecule has 3 unspecified atom stereocenters. The summed E-state index contributed by atoms with van der Waals surface area (Å²) in [6.45, 7) is 5.77. The van der Waals surface area contributed by atoms with Crippen molar-refractivity contribution in [3.63, 3.8) is 0 Å². The van der Waals surface area contributed by atoms with Crippen LogP contribution in [0.4, 0.5) is 0 Å². The van der Waals surface area contributed by atoms with E-state index in [2.05, 4.69) is 31.2 Å². The van der Waals surface area contributed by atoms with Crippen LogP contribution >= 0.6 is 7.92 Å². The molecule has 74 valence electrons. The lowest BCUT2D eigenvalue weighted by atomic mass is 10.0. The molecule has 1 heterocycles. The van der Waals surface area contributed by atoms with Crippen LogP contribution < -0.4 is 0 Å². The van der Waals surface area contributed by atoms with Crippen molar-refractivity contribution in [1.82, 2.24) is 4.90 Å². The van der Waals surface area contributed by atoms with Gasteiger partial charge in [0.1, 0.15) is 0 Å². The zero-order valence-corrected chi connectivity index (χ0v) is 9.85. The average Bonchev–Trinajstić information content (AvgIpc) is 2.47. The summed E-state index contributed by atoms with van der Waals surface area (Å²) in [7, 11) is 2.08. The molecule has 0 radical (unpaired) electrons. The van der Waals surface area contributed by atoms with Crippen molar-refractivity contribution in [2.45, 2.75) is 25.8 Å². The number of likely N-dealkylation sites (tertiary alicyclic amines) is 1. The van der Waals surface area contributed by atoms with E-state index >= 15 is 0 Å². The smallest absolute Gasteiger partial charge is 0.0143 e. The number of hydrogen-bond donors (Lipinski definition) is 0. The van der Waals surface area contributed by atoms with Gasteiger partial charge in [-0.25, -0.2) is 0 Å². The molecule has 1 nitrogen and oxygen atoms in total. The topological polar surface area (TPSA) is 3.24 Å². The van der Waals surface area contributed by atoms with E-state index in [1.165, 1.54) is 25.5 Å².